The zero-order chi connectivity index (χ0) is 18.0. The van der Waals surface area contributed by atoms with Crippen LogP contribution in [0.4, 0.5) is 0 Å². The minimum Gasteiger partial charge on any atom is -0.497 e. The Balaban J connectivity index is 1.94. The number of carbonyl (C=O) groups excluding carboxylic acids is 2. The molecule has 6 heteroatoms. The number of hydrogen-bond acceptors (Lipinski definition) is 4. The Morgan fingerprint density at radius 1 is 1.16 bits per heavy atom. The van der Waals surface area contributed by atoms with E-state index in [9.17, 15) is 9.59 Å². The number of ether oxygens (including phenoxy) is 2. The molecule has 3 atom stereocenters. The highest BCUT2D eigenvalue weighted by Crippen LogP contribution is 2.40. The summed E-state index contributed by atoms with van der Waals surface area (Å²) in [5.74, 6) is 0.992. The molecule has 0 saturated carbocycles. The van der Waals surface area contributed by atoms with E-state index in [0.29, 0.717) is 6.54 Å². The number of carbonyl (C=O) groups is 2. The number of rotatable bonds is 4. The second kappa shape index (κ2) is 7.44. The summed E-state index contributed by atoms with van der Waals surface area (Å²) in [4.78, 5) is 28.6. The monoisotopic (exact) mass is 346 g/mol. The number of hydrogen-bond donors (Lipinski definition) is 0. The number of nitrogens with zero attached hydrogens (tertiary/aromatic N) is 2. The number of benzene rings is 1. The number of fused-ring (bicyclic) bond motifs is 1. The highest BCUT2D eigenvalue weighted by atomic mass is 16.5. The van der Waals surface area contributed by atoms with Crippen LogP contribution in [-0.2, 0) is 14.3 Å². The molecule has 2 fully saturated rings. The largest absolute Gasteiger partial charge is 0.497 e. The third-order valence-corrected chi connectivity index (χ3v) is 5.40. The summed E-state index contributed by atoms with van der Waals surface area (Å²) in [5, 5.41) is 0. The van der Waals surface area contributed by atoms with E-state index in [1.165, 1.54) is 7.11 Å². The van der Waals surface area contributed by atoms with Gasteiger partial charge in [0.1, 0.15) is 12.4 Å². The second-order valence-corrected chi connectivity index (χ2v) is 6.77. The lowest BCUT2D eigenvalue weighted by atomic mass is 9.86. The van der Waals surface area contributed by atoms with Gasteiger partial charge in [-0.05, 0) is 30.5 Å². The highest BCUT2D eigenvalue weighted by molar-refractivity contribution is 5.79. The van der Waals surface area contributed by atoms with E-state index in [-0.39, 0.29) is 36.4 Å². The summed E-state index contributed by atoms with van der Waals surface area (Å²) in [6.45, 7) is 3.07. The minimum absolute atomic E-state index is 0.00103. The van der Waals surface area contributed by atoms with Gasteiger partial charge in [-0.3, -0.25) is 9.59 Å². The molecule has 6 nitrogen and oxygen atoms in total. The van der Waals surface area contributed by atoms with Crippen LogP contribution in [0.5, 0.6) is 5.75 Å². The molecule has 3 rings (SSSR count). The van der Waals surface area contributed by atoms with E-state index < -0.39 is 0 Å². The van der Waals surface area contributed by atoms with Gasteiger partial charge < -0.3 is 19.3 Å². The zero-order valence-corrected chi connectivity index (χ0v) is 15.1. The van der Waals surface area contributed by atoms with Crippen LogP contribution in [0.3, 0.4) is 0 Å². The first kappa shape index (κ1) is 17.7. The summed E-state index contributed by atoms with van der Waals surface area (Å²) in [5.41, 5.74) is 1.14. The van der Waals surface area contributed by atoms with Gasteiger partial charge in [0.25, 0.3) is 0 Å². The van der Waals surface area contributed by atoms with Gasteiger partial charge in [0.15, 0.2) is 0 Å². The van der Waals surface area contributed by atoms with Crippen molar-refractivity contribution < 1.29 is 19.1 Å². The predicted molar refractivity (Wildman–Crippen MR) is 93.5 cm³/mol. The van der Waals surface area contributed by atoms with E-state index in [4.69, 9.17) is 9.47 Å². The van der Waals surface area contributed by atoms with Crippen molar-refractivity contribution >= 4 is 11.8 Å². The van der Waals surface area contributed by atoms with Gasteiger partial charge in [0.2, 0.25) is 11.8 Å². The Hall–Kier alpha value is -2.08. The average Bonchev–Trinajstić information content (AvgIpc) is 3.02. The summed E-state index contributed by atoms with van der Waals surface area (Å²) >= 11 is 0. The fourth-order valence-corrected chi connectivity index (χ4v) is 4.29. The molecular formula is C19H26N2O4. The third-order valence-electron chi connectivity index (χ3n) is 5.40. The molecule has 2 amide bonds. The van der Waals surface area contributed by atoms with Crippen LogP contribution in [0.25, 0.3) is 0 Å². The Labute approximate surface area is 148 Å². The van der Waals surface area contributed by atoms with Crippen LogP contribution >= 0.6 is 0 Å². The average molecular weight is 346 g/mol. The quantitative estimate of drug-likeness (QED) is 0.832. The molecule has 1 aromatic carbocycles. The van der Waals surface area contributed by atoms with E-state index in [0.717, 1.165) is 30.7 Å². The molecule has 2 saturated heterocycles. The van der Waals surface area contributed by atoms with Crippen molar-refractivity contribution in [3.05, 3.63) is 29.8 Å². The minimum atomic E-state index is 0.00103. The van der Waals surface area contributed by atoms with Crippen molar-refractivity contribution in [2.24, 2.45) is 0 Å². The lowest BCUT2D eigenvalue weighted by molar-refractivity contribution is -0.142. The van der Waals surface area contributed by atoms with Crippen LogP contribution in [0, 0.1) is 0 Å². The molecule has 0 unspecified atom stereocenters. The highest BCUT2D eigenvalue weighted by Gasteiger charge is 2.49. The maximum absolute atomic E-state index is 12.6. The molecule has 136 valence electrons. The molecule has 0 aliphatic carbocycles. The maximum Gasteiger partial charge on any atom is 0.248 e. The molecule has 0 radical (unpaired) electrons. The molecule has 0 N–H and O–H groups in total. The van der Waals surface area contributed by atoms with Gasteiger partial charge in [-0.1, -0.05) is 12.1 Å². The normalized spacial score (nSPS) is 25.6. The second-order valence-electron chi connectivity index (χ2n) is 6.77. The first-order valence-electron chi connectivity index (χ1n) is 8.76. The Morgan fingerprint density at radius 2 is 1.88 bits per heavy atom. The lowest BCUT2D eigenvalue weighted by Crippen LogP contribution is -2.54. The molecule has 0 spiro atoms. The van der Waals surface area contributed by atoms with Gasteiger partial charge in [-0.2, -0.15) is 0 Å². The van der Waals surface area contributed by atoms with E-state index >= 15 is 0 Å². The molecule has 25 heavy (non-hydrogen) atoms. The number of piperidine rings is 1. The summed E-state index contributed by atoms with van der Waals surface area (Å²) in [7, 11) is 3.18. The van der Waals surface area contributed by atoms with Gasteiger partial charge in [-0.25, -0.2) is 0 Å². The van der Waals surface area contributed by atoms with E-state index in [1.807, 2.05) is 34.1 Å². The topological polar surface area (TPSA) is 59.1 Å². The Kier molecular flexibility index (Phi) is 5.27. The van der Waals surface area contributed by atoms with Gasteiger partial charge in [0.05, 0.1) is 19.2 Å². The van der Waals surface area contributed by atoms with Crippen molar-refractivity contribution in [3.63, 3.8) is 0 Å². The smallest absolute Gasteiger partial charge is 0.248 e. The molecular weight excluding hydrogens is 320 g/mol. The van der Waals surface area contributed by atoms with Gasteiger partial charge in [0, 0.05) is 33.0 Å². The number of methoxy groups -OCH3 is 2. The fourth-order valence-electron chi connectivity index (χ4n) is 4.29. The fraction of sp³-hybridized carbons (Fsp3) is 0.579. The standard InChI is InChI=1S/C19H26N2O4/c1-13(22)21-11-16(14-6-8-15(25-3)9-7-14)19-17(21)5-4-10-20(19)18(23)12-24-2/h6-9,16-17,19H,4-5,10-12H2,1-3H3/t16-,17-,19-/m1/s1. The van der Waals surface area contributed by atoms with Crippen molar-refractivity contribution in [2.45, 2.75) is 37.8 Å². The molecule has 1 aromatic rings. The summed E-state index contributed by atoms with van der Waals surface area (Å²) in [6.07, 6.45) is 1.85. The van der Waals surface area contributed by atoms with Gasteiger partial charge >= 0.3 is 0 Å². The summed E-state index contributed by atoms with van der Waals surface area (Å²) < 4.78 is 10.3. The van der Waals surface area contributed by atoms with Crippen LogP contribution in [0.1, 0.15) is 31.2 Å². The van der Waals surface area contributed by atoms with Crippen molar-refractivity contribution in [1.82, 2.24) is 9.80 Å². The first-order valence-corrected chi connectivity index (χ1v) is 8.76. The van der Waals surface area contributed by atoms with Crippen molar-refractivity contribution in [1.29, 1.82) is 0 Å². The zero-order valence-electron chi connectivity index (χ0n) is 15.1. The first-order chi connectivity index (χ1) is 12.1. The van der Waals surface area contributed by atoms with E-state index in [2.05, 4.69) is 0 Å². The van der Waals surface area contributed by atoms with Crippen molar-refractivity contribution in [2.75, 3.05) is 33.9 Å². The lowest BCUT2D eigenvalue weighted by Gasteiger charge is -2.41. The number of amides is 2. The number of likely N-dealkylation sites (tertiary alicyclic amines) is 2. The third kappa shape index (κ3) is 3.35. The van der Waals surface area contributed by atoms with E-state index in [1.54, 1.807) is 14.0 Å². The molecule has 2 aliphatic rings. The van der Waals surface area contributed by atoms with Crippen LogP contribution in [0.2, 0.25) is 0 Å². The molecule has 2 aliphatic heterocycles. The SMILES string of the molecule is COCC(=O)N1CCC[C@@H]2[C@H]1[C@@H](c1ccc(OC)cc1)CN2C(C)=O. The van der Waals surface area contributed by atoms with Gasteiger partial charge in [-0.15, -0.1) is 0 Å². The van der Waals surface area contributed by atoms with Crippen LogP contribution in [0.15, 0.2) is 24.3 Å². The van der Waals surface area contributed by atoms with Crippen LogP contribution in [-0.4, -0.2) is 67.6 Å². The predicted octanol–water partition coefficient (Wildman–Crippen LogP) is 1.65. The Morgan fingerprint density at radius 3 is 2.48 bits per heavy atom. The molecule has 0 aromatic heterocycles. The molecule has 0 bridgehead atoms. The van der Waals surface area contributed by atoms with Crippen molar-refractivity contribution in [3.8, 4) is 5.75 Å². The Bertz CT molecular complexity index is 631. The molecule has 2 heterocycles. The van der Waals surface area contributed by atoms with Crippen LogP contribution < -0.4 is 4.74 Å². The summed E-state index contributed by atoms with van der Waals surface area (Å²) in [6, 6.07) is 8.04. The maximum atomic E-state index is 12.6.